The molecule has 0 heteroatoms. The third kappa shape index (κ3) is 2.18. The van der Waals surface area contributed by atoms with Crippen LogP contribution in [0.15, 0.2) is 103 Å². The summed E-state index contributed by atoms with van der Waals surface area (Å²) in [4.78, 5) is 0. The summed E-state index contributed by atoms with van der Waals surface area (Å²) in [5.74, 6) is 0. The van der Waals surface area contributed by atoms with E-state index < -0.39 is 0 Å². The zero-order chi connectivity index (χ0) is 18.5. The van der Waals surface area contributed by atoms with Crippen LogP contribution in [0.1, 0.15) is 0 Å². The van der Waals surface area contributed by atoms with Gasteiger partial charge >= 0.3 is 0 Å². The van der Waals surface area contributed by atoms with Crippen LogP contribution in [0.2, 0.25) is 0 Å². The molecule has 1 radical (unpaired) electrons. The fourth-order valence-corrected chi connectivity index (χ4v) is 4.47. The highest BCUT2D eigenvalue weighted by molar-refractivity contribution is 6.25. The molecular weight excluding hydrogens is 336 g/mol. The van der Waals surface area contributed by atoms with Crippen molar-refractivity contribution in [2.75, 3.05) is 0 Å². The van der Waals surface area contributed by atoms with Gasteiger partial charge in [0.2, 0.25) is 0 Å². The fraction of sp³-hybridized carbons (Fsp3) is 0. The van der Waals surface area contributed by atoms with Crippen LogP contribution in [0.25, 0.3) is 54.6 Å². The van der Waals surface area contributed by atoms with E-state index in [4.69, 9.17) is 0 Å². The van der Waals surface area contributed by atoms with Gasteiger partial charge in [-0.3, -0.25) is 0 Å². The molecule has 0 N–H and O–H groups in total. The van der Waals surface area contributed by atoms with Gasteiger partial charge in [-0.15, -0.1) is 0 Å². The Hall–Kier alpha value is -3.64. The summed E-state index contributed by atoms with van der Waals surface area (Å²) in [7, 11) is 0. The van der Waals surface area contributed by atoms with Gasteiger partial charge in [-0.1, -0.05) is 97.1 Å². The van der Waals surface area contributed by atoms with Crippen LogP contribution in [0.4, 0.5) is 0 Å². The van der Waals surface area contributed by atoms with Crippen LogP contribution >= 0.6 is 0 Å². The van der Waals surface area contributed by atoms with Gasteiger partial charge in [0.25, 0.3) is 0 Å². The lowest BCUT2D eigenvalue weighted by Gasteiger charge is -2.16. The third-order valence-corrected chi connectivity index (χ3v) is 5.74. The first-order valence-corrected chi connectivity index (χ1v) is 9.63. The molecule has 0 aliphatic heterocycles. The molecule has 0 bridgehead atoms. The van der Waals surface area contributed by atoms with Crippen molar-refractivity contribution in [3.63, 3.8) is 0 Å². The van der Waals surface area contributed by atoms with Crippen LogP contribution in [0.3, 0.4) is 0 Å². The molecule has 0 aliphatic rings. The zero-order valence-electron chi connectivity index (χ0n) is 15.3. The standard InChI is InChI=1S/C28H17/c1-2-7-19(8-3-1)23-11-4-5-12-24(23)25-17-15-22-14-13-20-9-6-10-21-16-18-26(25)28(22)27(20)21/h1-13,15-18H. The molecule has 0 nitrogen and oxygen atoms in total. The van der Waals surface area contributed by atoms with E-state index in [9.17, 15) is 0 Å². The van der Waals surface area contributed by atoms with E-state index in [0.29, 0.717) is 0 Å². The second-order valence-electron chi connectivity index (χ2n) is 7.29. The summed E-state index contributed by atoms with van der Waals surface area (Å²) in [6.07, 6.45) is 0. The van der Waals surface area contributed by atoms with Crippen LogP contribution in [0, 0.1) is 6.07 Å². The smallest absolute Gasteiger partial charge is 0.00143 e. The molecule has 0 heterocycles. The predicted octanol–water partition coefficient (Wildman–Crippen LogP) is 7.72. The minimum atomic E-state index is 1.18. The lowest BCUT2D eigenvalue weighted by Crippen LogP contribution is -1.89. The van der Waals surface area contributed by atoms with Gasteiger partial charge < -0.3 is 0 Å². The quantitative estimate of drug-likeness (QED) is 0.280. The topological polar surface area (TPSA) is 0 Å². The molecule has 0 aliphatic carbocycles. The van der Waals surface area contributed by atoms with E-state index in [1.165, 1.54) is 54.6 Å². The van der Waals surface area contributed by atoms with Crippen LogP contribution in [-0.4, -0.2) is 0 Å². The zero-order valence-corrected chi connectivity index (χ0v) is 15.3. The van der Waals surface area contributed by atoms with Gasteiger partial charge in [0, 0.05) is 0 Å². The molecule has 6 aromatic carbocycles. The highest BCUT2D eigenvalue weighted by atomic mass is 14.2. The van der Waals surface area contributed by atoms with Crippen molar-refractivity contribution in [3.8, 4) is 22.3 Å². The van der Waals surface area contributed by atoms with E-state index >= 15 is 0 Å². The maximum Gasteiger partial charge on any atom is -0.00143 e. The van der Waals surface area contributed by atoms with Gasteiger partial charge in [0.1, 0.15) is 0 Å². The maximum atomic E-state index is 3.49. The molecule has 0 atom stereocenters. The van der Waals surface area contributed by atoms with Crippen LogP contribution in [0.5, 0.6) is 0 Å². The van der Waals surface area contributed by atoms with Gasteiger partial charge in [-0.2, -0.15) is 0 Å². The summed E-state index contributed by atoms with van der Waals surface area (Å²) in [5.41, 5.74) is 5.06. The normalized spacial score (nSPS) is 11.6. The second-order valence-corrected chi connectivity index (χ2v) is 7.29. The van der Waals surface area contributed by atoms with E-state index in [2.05, 4.69) is 109 Å². The minimum absolute atomic E-state index is 1.18. The highest BCUT2D eigenvalue weighted by Gasteiger charge is 2.14. The van der Waals surface area contributed by atoms with E-state index in [1.807, 2.05) is 0 Å². The van der Waals surface area contributed by atoms with Gasteiger partial charge in [0.15, 0.2) is 0 Å². The van der Waals surface area contributed by atoms with Gasteiger partial charge in [-0.25, -0.2) is 0 Å². The average Bonchev–Trinajstić information content (AvgIpc) is 2.78. The lowest BCUT2D eigenvalue weighted by molar-refractivity contribution is 1.60. The second kappa shape index (κ2) is 5.94. The largest absolute Gasteiger partial charge is 0.0622 e. The molecule has 0 spiro atoms. The summed E-state index contributed by atoms with van der Waals surface area (Å²) in [6.45, 7) is 0. The van der Waals surface area contributed by atoms with Crippen molar-refractivity contribution < 1.29 is 0 Å². The molecule has 129 valence electrons. The Morgan fingerprint density at radius 2 is 1.25 bits per heavy atom. The van der Waals surface area contributed by atoms with Crippen molar-refractivity contribution in [3.05, 3.63) is 109 Å². The number of benzene rings is 6. The Labute approximate surface area is 164 Å². The number of hydrogen-bond donors (Lipinski definition) is 0. The van der Waals surface area contributed by atoms with Gasteiger partial charge in [-0.05, 0) is 66.7 Å². The van der Waals surface area contributed by atoms with Crippen molar-refractivity contribution in [2.45, 2.75) is 0 Å². The molecule has 0 aromatic heterocycles. The Morgan fingerprint density at radius 1 is 0.464 bits per heavy atom. The monoisotopic (exact) mass is 353 g/mol. The molecule has 0 saturated carbocycles. The molecular formula is C28H17. The summed E-state index contributed by atoms with van der Waals surface area (Å²) >= 11 is 0. The van der Waals surface area contributed by atoms with Crippen molar-refractivity contribution in [2.24, 2.45) is 0 Å². The third-order valence-electron chi connectivity index (χ3n) is 5.74. The Bertz CT molecular complexity index is 1430. The molecule has 0 fully saturated rings. The Morgan fingerprint density at radius 3 is 2.14 bits per heavy atom. The van der Waals surface area contributed by atoms with Gasteiger partial charge in [0.05, 0.1) is 0 Å². The first kappa shape index (κ1) is 15.4. The first-order chi connectivity index (χ1) is 13.9. The maximum absolute atomic E-state index is 3.49. The minimum Gasteiger partial charge on any atom is -0.0622 e. The highest BCUT2D eigenvalue weighted by Crippen LogP contribution is 2.41. The molecule has 6 aromatic rings. The molecule has 28 heavy (non-hydrogen) atoms. The lowest BCUT2D eigenvalue weighted by atomic mass is 9.87. The molecule has 0 saturated heterocycles. The Balaban J connectivity index is 1.73. The van der Waals surface area contributed by atoms with E-state index in [0.717, 1.165) is 0 Å². The van der Waals surface area contributed by atoms with Crippen molar-refractivity contribution >= 4 is 32.3 Å². The summed E-state index contributed by atoms with van der Waals surface area (Å²) < 4.78 is 0. The molecule has 0 amide bonds. The summed E-state index contributed by atoms with van der Waals surface area (Å²) in [6, 6.07) is 40.4. The van der Waals surface area contributed by atoms with Crippen molar-refractivity contribution in [1.29, 1.82) is 0 Å². The summed E-state index contributed by atoms with van der Waals surface area (Å²) in [5, 5.41) is 7.67. The molecule has 0 unspecified atom stereocenters. The van der Waals surface area contributed by atoms with Crippen LogP contribution < -0.4 is 0 Å². The molecule has 6 rings (SSSR count). The Kier molecular flexibility index (Phi) is 3.27. The van der Waals surface area contributed by atoms with Crippen molar-refractivity contribution in [1.82, 2.24) is 0 Å². The van der Waals surface area contributed by atoms with E-state index in [1.54, 1.807) is 0 Å². The predicted molar refractivity (Wildman–Crippen MR) is 120 cm³/mol. The fourth-order valence-electron chi connectivity index (χ4n) is 4.47. The average molecular weight is 353 g/mol. The first-order valence-electron chi connectivity index (χ1n) is 9.63. The van der Waals surface area contributed by atoms with Crippen LogP contribution in [-0.2, 0) is 0 Å². The van der Waals surface area contributed by atoms with E-state index in [-0.39, 0.29) is 0 Å². The SMILES string of the molecule is [c]1cc2cccc3ccc4c(-c5ccccc5-c5ccccc5)ccc1c4c23. The number of hydrogen-bond acceptors (Lipinski definition) is 0. The number of rotatable bonds is 2.